The fraction of sp³-hybridized carbons (Fsp3) is 0.118. The Morgan fingerprint density at radius 2 is 2.10 bits per heavy atom. The van der Waals surface area contributed by atoms with Gasteiger partial charge >= 0.3 is 0 Å². The van der Waals surface area contributed by atoms with E-state index in [-0.39, 0.29) is 0 Å². The third-order valence-electron chi connectivity index (χ3n) is 3.25. The molecule has 3 nitrogen and oxygen atoms in total. The van der Waals surface area contributed by atoms with Crippen molar-refractivity contribution in [1.29, 1.82) is 0 Å². The predicted molar refractivity (Wildman–Crippen MR) is 85.4 cm³/mol. The lowest BCUT2D eigenvalue weighted by Crippen LogP contribution is -2.12. The molecule has 0 saturated heterocycles. The number of fused-ring (bicyclic) bond motifs is 1. The number of hydrazone groups is 1. The van der Waals surface area contributed by atoms with Gasteiger partial charge in [-0.2, -0.15) is 5.10 Å². The molecule has 3 rings (SSSR count). The minimum atomic E-state index is 0.868. The molecule has 1 aliphatic rings. The van der Waals surface area contributed by atoms with Crippen molar-refractivity contribution < 1.29 is 0 Å². The van der Waals surface area contributed by atoms with E-state index < -0.39 is 0 Å². The van der Waals surface area contributed by atoms with Gasteiger partial charge in [-0.1, -0.05) is 30.4 Å². The average molecular weight is 263 g/mol. The highest BCUT2D eigenvalue weighted by molar-refractivity contribution is 5.96. The molecule has 0 fully saturated rings. The van der Waals surface area contributed by atoms with E-state index in [9.17, 15) is 0 Å². The van der Waals surface area contributed by atoms with Gasteiger partial charge in [0, 0.05) is 18.1 Å². The van der Waals surface area contributed by atoms with Crippen molar-refractivity contribution in [3.63, 3.8) is 0 Å². The van der Waals surface area contributed by atoms with Crippen LogP contribution in [0.25, 0.3) is 17.0 Å². The fourth-order valence-corrected chi connectivity index (χ4v) is 2.20. The molecule has 1 aromatic carbocycles. The number of aromatic nitrogens is 1. The van der Waals surface area contributed by atoms with E-state index >= 15 is 0 Å². The second kappa shape index (κ2) is 5.61. The van der Waals surface area contributed by atoms with Gasteiger partial charge in [-0.05, 0) is 42.2 Å². The number of hydrogen-bond donors (Lipinski definition) is 2. The first-order valence-corrected chi connectivity index (χ1v) is 6.76. The normalized spacial score (nSPS) is 15.7. The van der Waals surface area contributed by atoms with Crippen LogP contribution >= 0.6 is 0 Å². The molecule has 1 aromatic heterocycles. The molecule has 2 N–H and O–H groups in total. The second-order valence-electron chi connectivity index (χ2n) is 4.74. The van der Waals surface area contributed by atoms with Gasteiger partial charge in [0.15, 0.2) is 0 Å². The van der Waals surface area contributed by atoms with Crippen LogP contribution in [0.1, 0.15) is 18.9 Å². The molecule has 20 heavy (non-hydrogen) atoms. The molecule has 0 bridgehead atoms. The van der Waals surface area contributed by atoms with Crippen LogP contribution in [-0.2, 0) is 0 Å². The highest BCUT2D eigenvalue weighted by Crippen LogP contribution is 2.16. The summed E-state index contributed by atoms with van der Waals surface area (Å²) in [4.78, 5) is 3.22. The van der Waals surface area contributed by atoms with Crippen molar-refractivity contribution in [3.05, 3.63) is 66.0 Å². The Labute approximate surface area is 118 Å². The second-order valence-corrected chi connectivity index (χ2v) is 4.74. The summed E-state index contributed by atoms with van der Waals surface area (Å²) in [5.74, 6) is 0. The van der Waals surface area contributed by atoms with Crippen LogP contribution in [0.15, 0.2) is 65.6 Å². The van der Waals surface area contributed by atoms with Crippen LogP contribution in [0.5, 0.6) is 0 Å². The van der Waals surface area contributed by atoms with Crippen molar-refractivity contribution in [1.82, 2.24) is 10.4 Å². The van der Waals surface area contributed by atoms with Crippen LogP contribution in [0, 0.1) is 0 Å². The zero-order valence-corrected chi connectivity index (χ0v) is 11.4. The Morgan fingerprint density at radius 3 is 2.90 bits per heavy atom. The van der Waals surface area contributed by atoms with Crippen LogP contribution in [0.3, 0.4) is 0 Å². The number of allylic oxidation sites excluding steroid dienone is 4. The minimum Gasteiger partial charge on any atom is -0.361 e. The first kappa shape index (κ1) is 12.5. The zero-order valence-electron chi connectivity index (χ0n) is 11.4. The average Bonchev–Trinajstić information content (AvgIpc) is 2.94. The van der Waals surface area contributed by atoms with Gasteiger partial charge in [-0.25, -0.2) is 0 Å². The summed E-state index contributed by atoms with van der Waals surface area (Å²) in [5.41, 5.74) is 7.48. The largest absolute Gasteiger partial charge is 0.361 e. The van der Waals surface area contributed by atoms with Crippen molar-refractivity contribution in [3.8, 4) is 0 Å². The Balaban J connectivity index is 1.71. The summed E-state index contributed by atoms with van der Waals surface area (Å²) < 4.78 is 0. The summed E-state index contributed by atoms with van der Waals surface area (Å²) in [7, 11) is 0. The van der Waals surface area contributed by atoms with Crippen LogP contribution in [0.4, 0.5) is 0 Å². The highest BCUT2D eigenvalue weighted by atomic mass is 15.3. The lowest BCUT2D eigenvalue weighted by atomic mass is 10.1. The summed E-state index contributed by atoms with van der Waals surface area (Å²) in [6, 6.07) is 8.45. The van der Waals surface area contributed by atoms with Gasteiger partial charge in [0.05, 0.1) is 11.4 Å². The lowest BCUT2D eigenvalue weighted by molar-refractivity contribution is 0.889. The lowest BCUT2D eigenvalue weighted by Gasteiger charge is -2.09. The van der Waals surface area contributed by atoms with Crippen LogP contribution in [-0.4, -0.2) is 10.7 Å². The van der Waals surface area contributed by atoms with E-state index in [1.807, 2.05) is 25.3 Å². The zero-order chi connectivity index (χ0) is 13.8. The van der Waals surface area contributed by atoms with Crippen molar-refractivity contribution in [2.75, 3.05) is 0 Å². The molecule has 0 atom stereocenters. The van der Waals surface area contributed by atoms with Crippen molar-refractivity contribution >= 4 is 22.7 Å². The molecule has 1 aliphatic heterocycles. The van der Waals surface area contributed by atoms with E-state index in [4.69, 9.17) is 0 Å². The quantitative estimate of drug-likeness (QED) is 0.863. The predicted octanol–water partition coefficient (Wildman–Crippen LogP) is 3.99. The molecule has 0 unspecified atom stereocenters. The molecule has 0 aliphatic carbocycles. The molecule has 100 valence electrons. The van der Waals surface area contributed by atoms with E-state index in [1.165, 1.54) is 10.9 Å². The molecule has 2 aromatic rings. The van der Waals surface area contributed by atoms with Crippen LogP contribution < -0.4 is 5.43 Å². The summed E-state index contributed by atoms with van der Waals surface area (Å²) in [6.07, 6.45) is 13.1. The highest BCUT2D eigenvalue weighted by Gasteiger charge is 2.01. The van der Waals surface area contributed by atoms with Gasteiger partial charge in [-0.15, -0.1) is 0 Å². The summed E-state index contributed by atoms with van der Waals surface area (Å²) in [6.45, 7) is 2.00. The topological polar surface area (TPSA) is 40.2 Å². The summed E-state index contributed by atoms with van der Waals surface area (Å²) >= 11 is 0. The number of aromatic amines is 1. The van der Waals surface area contributed by atoms with Crippen molar-refractivity contribution in [2.45, 2.75) is 13.3 Å². The monoisotopic (exact) mass is 263 g/mol. The maximum absolute atomic E-state index is 4.31. The number of H-pyrrole nitrogens is 1. The van der Waals surface area contributed by atoms with Crippen molar-refractivity contribution in [2.24, 2.45) is 5.10 Å². The molecule has 0 amide bonds. The maximum atomic E-state index is 4.31. The van der Waals surface area contributed by atoms with E-state index in [1.54, 1.807) is 0 Å². The number of rotatable bonds is 3. The maximum Gasteiger partial charge on any atom is 0.0642 e. The molecular weight excluding hydrogens is 246 g/mol. The van der Waals surface area contributed by atoms with Gasteiger partial charge in [-0.3, -0.25) is 5.43 Å². The first-order chi connectivity index (χ1) is 9.85. The Hall–Kier alpha value is -2.55. The first-order valence-electron chi connectivity index (χ1n) is 6.76. The third-order valence-corrected chi connectivity index (χ3v) is 3.25. The van der Waals surface area contributed by atoms with Gasteiger partial charge in [0.25, 0.3) is 0 Å². The Morgan fingerprint density at radius 1 is 1.15 bits per heavy atom. The van der Waals surface area contributed by atoms with Gasteiger partial charge in [0.1, 0.15) is 0 Å². The number of nitrogens with one attached hydrogen (secondary N) is 2. The van der Waals surface area contributed by atoms with E-state index in [0.717, 1.165) is 23.3 Å². The SMILES string of the molecule is C/C=C/C1=NNC(/C=C/c2ccc3cc[nH]c3c2)=CC1. The third kappa shape index (κ3) is 2.72. The van der Waals surface area contributed by atoms with Gasteiger partial charge in [0.2, 0.25) is 0 Å². The van der Waals surface area contributed by atoms with Crippen LogP contribution in [0.2, 0.25) is 0 Å². The van der Waals surface area contributed by atoms with Gasteiger partial charge < -0.3 is 4.98 Å². The minimum absolute atomic E-state index is 0.868. The molecular formula is C17H17N3. The number of hydrogen-bond acceptors (Lipinski definition) is 2. The number of benzene rings is 1. The molecule has 2 heterocycles. The van der Waals surface area contributed by atoms with E-state index in [0.29, 0.717) is 0 Å². The smallest absolute Gasteiger partial charge is 0.0642 e. The molecule has 3 heteroatoms. The molecule has 0 saturated carbocycles. The Bertz CT molecular complexity index is 730. The Kier molecular flexibility index (Phi) is 3.50. The number of nitrogens with zero attached hydrogens (tertiary/aromatic N) is 1. The molecule has 0 radical (unpaired) electrons. The molecule has 0 spiro atoms. The standard InChI is InChI=1S/C17H17N3/c1-2-3-15-8-9-16(20-19-15)7-5-13-4-6-14-10-11-18-17(14)12-13/h2-7,9-12,18,20H,8H2,1H3/b3-2+,7-5+. The fourth-order valence-electron chi connectivity index (χ4n) is 2.20. The summed E-state index contributed by atoms with van der Waals surface area (Å²) in [5, 5.41) is 5.54. The van der Waals surface area contributed by atoms with E-state index in [2.05, 4.69) is 58.0 Å².